The molecule has 1 rings (SSSR count). The van der Waals surface area contributed by atoms with Gasteiger partial charge < -0.3 is 5.11 Å². The normalized spacial score (nSPS) is 14.1. The summed E-state index contributed by atoms with van der Waals surface area (Å²) >= 11 is 4.06. The maximum Gasteiger partial charge on any atom is 0.0877 e. The fourth-order valence-corrected chi connectivity index (χ4v) is 1.52. The summed E-state index contributed by atoms with van der Waals surface area (Å²) in [7, 11) is 0. The molecule has 78 valence electrons. The van der Waals surface area contributed by atoms with Crippen LogP contribution in [0.15, 0.2) is 24.3 Å². The predicted octanol–water partition coefficient (Wildman–Crippen LogP) is 2.95. The van der Waals surface area contributed by atoms with E-state index in [1.54, 1.807) is 0 Å². The number of rotatable bonds is 2. The van der Waals surface area contributed by atoms with Crippen LogP contribution in [0.4, 0.5) is 0 Å². The van der Waals surface area contributed by atoms with E-state index in [-0.39, 0.29) is 5.41 Å². The van der Waals surface area contributed by atoms with E-state index in [4.69, 9.17) is 0 Å². The molecule has 0 fully saturated rings. The highest BCUT2D eigenvalue weighted by Gasteiger charge is 2.13. The van der Waals surface area contributed by atoms with Crippen LogP contribution >= 0.6 is 12.6 Å². The highest BCUT2D eigenvalue weighted by molar-refractivity contribution is 7.80. The van der Waals surface area contributed by atoms with Gasteiger partial charge >= 0.3 is 0 Å². The molecule has 14 heavy (non-hydrogen) atoms. The van der Waals surface area contributed by atoms with Gasteiger partial charge in [0.1, 0.15) is 0 Å². The molecule has 0 radical (unpaired) electrons. The first kappa shape index (κ1) is 11.6. The highest BCUT2D eigenvalue weighted by atomic mass is 32.1. The van der Waals surface area contributed by atoms with Gasteiger partial charge in [-0.1, -0.05) is 45.0 Å². The standard InChI is InChI=1S/C12H18OS/c1-12(2,3)10-6-4-9(5-7-10)11(13)8-14/h4-7,11,13-14H,8H2,1-3H3. The molecule has 0 bridgehead atoms. The van der Waals surface area contributed by atoms with Crippen molar-refractivity contribution in [2.75, 3.05) is 5.75 Å². The van der Waals surface area contributed by atoms with Crippen LogP contribution in [0.2, 0.25) is 0 Å². The number of hydrogen-bond acceptors (Lipinski definition) is 2. The van der Waals surface area contributed by atoms with Gasteiger partial charge in [0, 0.05) is 5.75 Å². The molecule has 1 atom stereocenters. The SMILES string of the molecule is CC(C)(C)c1ccc(C(O)CS)cc1. The summed E-state index contributed by atoms with van der Waals surface area (Å²) in [6.07, 6.45) is -0.452. The van der Waals surface area contributed by atoms with Crippen LogP contribution in [0, 0.1) is 0 Å². The third-order valence-corrected chi connectivity index (χ3v) is 2.68. The Labute approximate surface area is 91.6 Å². The molecule has 0 saturated carbocycles. The minimum Gasteiger partial charge on any atom is -0.388 e. The van der Waals surface area contributed by atoms with Gasteiger partial charge in [-0.15, -0.1) is 0 Å². The van der Waals surface area contributed by atoms with Crippen molar-refractivity contribution in [3.05, 3.63) is 35.4 Å². The molecular formula is C12H18OS. The monoisotopic (exact) mass is 210 g/mol. The van der Waals surface area contributed by atoms with Crippen molar-refractivity contribution < 1.29 is 5.11 Å². The largest absolute Gasteiger partial charge is 0.388 e. The highest BCUT2D eigenvalue weighted by Crippen LogP contribution is 2.24. The maximum absolute atomic E-state index is 9.55. The molecule has 1 nitrogen and oxygen atoms in total. The number of hydrogen-bond donors (Lipinski definition) is 2. The van der Waals surface area contributed by atoms with E-state index in [0.29, 0.717) is 5.75 Å². The molecule has 2 heteroatoms. The summed E-state index contributed by atoms with van der Waals surface area (Å²) < 4.78 is 0. The summed E-state index contributed by atoms with van der Waals surface area (Å²) in [5, 5.41) is 9.55. The summed E-state index contributed by atoms with van der Waals surface area (Å²) in [6, 6.07) is 8.09. The van der Waals surface area contributed by atoms with Crippen LogP contribution in [-0.4, -0.2) is 10.9 Å². The van der Waals surface area contributed by atoms with E-state index < -0.39 is 6.10 Å². The predicted molar refractivity (Wildman–Crippen MR) is 64.0 cm³/mol. The van der Waals surface area contributed by atoms with Gasteiger partial charge in [-0.2, -0.15) is 12.6 Å². The average molecular weight is 210 g/mol. The average Bonchev–Trinajstić information content (AvgIpc) is 2.15. The van der Waals surface area contributed by atoms with Gasteiger partial charge in [-0.25, -0.2) is 0 Å². The second kappa shape index (κ2) is 4.37. The molecule has 1 aromatic rings. The van der Waals surface area contributed by atoms with E-state index >= 15 is 0 Å². The molecule has 0 saturated heterocycles. The van der Waals surface area contributed by atoms with Gasteiger partial charge in [0.25, 0.3) is 0 Å². The molecule has 0 aliphatic heterocycles. The fraction of sp³-hybridized carbons (Fsp3) is 0.500. The van der Waals surface area contributed by atoms with Crippen molar-refractivity contribution in [1.29, 1.82) is 0 Å². The van der Waals surface area contributed by atoms with Gasteiger partial charge in [-0.3, -0.25) is 0 Å². The zero-order valence-corrected chi connectivity index (χ0v) is 9.88. The fourth-order valence-electron chi connectivity index (χ4n) is 1.31. The molecule has 0 heterocycles. The second-order valence-electron chi connectivity index (χ2n) is 4.57. The van der Waals surface area contributed by atoms with Crippen molar-refractivity contribution in [3.63, 3.8) is 0 Å². The zero-order chi connectivity index (χ0) is 10.8. The molecular weight excluding hydrogens is 192 g/mol. The first-order valence-corrected chi connectivity index (χ1v) is 5.48. The Bertz CT molecular complexity index is 284. The Morgan fingerprint density at radius 1 is 1.21 bits per heavy atom. The second-order valence-corrected chi connectivity index (χ2v) is 4.94. The lowest BCUT2D eigenvalue weighted by Crippen LogP contribution is -2.11. The molecule has 0 aliphatic rings. The lowest BCUT2D eigenvalue weighted by atomic mass is 9.86. The molecule has 1 aromatic carbocycles. The zero-order valence-electron chi connectivity index (χ0n) is 8.99. The molecule has 0 aromatic heterocycles. The van der Waals surface area contributed by atoms with Gasteiger partial charge in [0.15, 0.2) is 0 Å². The summed E-state index contributed by atoms with van der Waals surface area (Å²) in [4.78, 5) is 0. The Morgan fingerprint density at radius 3 is 2.07 bits per heavy atom. The Hall–Kier alpha value is -0.470. The quantitative estimate of drug-likeness (QED) is 0.719. The molecule has 1 unspecified atom stereocenters. The van der Waals surface area contributed by atoms with E-state index in [1.165, 1.54) is 5.56 Å². The Balaban J connectivity index is 2.89. The van der Waals surface area contributed by atoms with Crippen molar-refractivity contribution >= 4 is 12.6 Å². The molecule has 1 N–H and O–H groups in total. The number of benzene rings is 1. The third-order valence-electron chi connectivity index (χ3n) is 2.33. The Kier molecular flexibility index (Phi) is 3.62. The van der Waals surface area contributed by atoms with Crippen molar-refractivity contribution in [2.45, 2.75) is 32.3 Å². The minimum atomic E-state index is -0.452. The van der Waals surface area contributed by atoms with Crippen LogP contribution in [0.5, 0.6) is 0 Å². The molecule has 0 spiro atoms. The third kappa shape index (κ3) is 2.76. The lowest BCUT2D eigenvalue weighted by Gasteiger charge is -2.19. The summed E-state index contributed by atoms with van der Waals surface area (Å²) in [6.45, 7) is 6.53. The van der Waals surface area contributed by atoms with Crippen molar-refractivity contribution in [1.82, 2.24) is 0 Å². The Morgan fingerprint density at radius 2 is 1.71 bits per heavy atom. The molecule has 0 amide bonds. The summed E-state index contributed by atoms with van der Waals surface area (Å²) in [5.41, 5.74) is 2.39. The van der Waals surface area contributed by atoms with Crippen LogP contribution < -0.4 is 0 Å². The van der Waals surface area contributed by atoms with Crippen molar-refractivity contribution in [2.24, 2.45) is 0 Å². The van der Waals surface area contributed by atoms with E-state index in [1.807, 2.05) is 12.1 Å². The van der Waals surface area contributed by atoms with Gasteiger partial charge in [0.2, 0.25) is 0 Å². The minimum absolute atomic E-state index is 0.171. The van der Waals surface area contributed by atoms with Crippen LogP contribution in [0.3, 0.4) is 0 Å². The maximum atomic E-state index is 9.55. The number of aliphatic hydroxyl groups is 1. The van der Waals surface area contributed by atoms with Crippen molar-refractivity contribution in [3.8, 4) is 0 Å². The number of thiol groups is 1. The van der Waals surface area contributed by atoms with Crippen LogP contribution in [0.1, 0.15) is 38.0 Å². The molecule has 0 aliphatic carbocycles. The smallest absolute Gasteiger partial charge is 0.0877 e. The number of aliphatic hydroxyl groups excluding tert-OH is 1. The first-order valence-electron chi connectivity index (χ1n) is 4.84. The van der Waals surface area contributed by atoms with Crippen LogP contribution in [0.25, 0.3) is 0 Å². The van der Waals surface area contributed by atoms with E-state index in [9.17, 15) is 5.11 Å². The van der Waals surface area contributed by atoms with Gasteiger partial charge in [-0.05, 0) is 16.5 Å². The first-order chi connectivity index (χ1) is 6.45. The van der Waals surface area contributed by atoms with E-state index in [2.05, 4.69) is 45.5 Å². The van der Waals surface area contributed by atoms with E-state index in [0.717, 1.165) is 5.56 Å². The van der Waals surface area contributed by atoms with Gasteiger partial charge in [0.05, 0.1) is 6.10 Å². The lowest BCUT2D eigenvalue weighted by molar-refractivity contribution is 0.204. The van der Waals surface area contributed by atoms with Crippen LogP contribution in [-0.2, 0) is 5.41 Å². The summed E-state index contributed by atoms with van der Waals surface area (Å²) in [5.74, 6) is 0.467. The topological polar surface area (TPSA) is 20.2 Å².